The van der Waals surface area contributed by atoms with Gasteiger partial charge in [0.25, 0.3) is 0 Å². The largest absolute Gasteiger partial charge is 0.396 e. The standard InChI is InChI=1S/C11H15N3O3S/c1-11(2,5-6-15)14-18(16,17)10-4-3-9(7-12)13-8-10/h3-4,8,14-15H,5-6H2,1-2H3. The zero-order valence-electron chi connectivity index (χ0n) is 10.2. The van der Waals surface area contributed by atoms with Crippen molar-refractivity contribution in [1.29, 1.82) is 5.26 Å². The van der Waals surface area contributed by atoms with Crippen molar-refractivity contribution in [3.8, 4) is 6.07 Å². The predicted molar refractivity (Wildman–Crippen MR) is 65.1 cm³/mol. The molecule has 1 heterocycles. The van der Waals surface area contributed by atoms with Crippen molar-refractivity contribution in [2.24, 2.45) is 0 Å². The maximum Gasteiger partial charge on any atom is 0.242 e. The molecule has 0 aromatic carbocycles. The Hall–Kier alpha value is -1.49. The van der Waals surface area contributed by atoms with Gasteiger partial charge in [-0.25, -0.2) is 18.1 Å². The van der Waals surface area contributed by atoms with E-state index in [0.29, 0.717) is 6.42 Å². The maximum absolute atomic E-state index is 12.0. The molecule has 0 aliphatic carbocycles. The van der Waals surface area contributed by atoms with Crippen LogP contribution in [0.5, 0.6) is 0 Å². The molecule has 0 fully saturated rings. The molecule has 7 heteroatoms. The van der Waals surface area contributed by atoms with E-state index in [0.717, 1.165) is 6.20 Å². The number of sulfonamides is 1. The normalized spacial score (nSPS) is 12.1. The van der Waals surface area contributed by atoms with Crippen LogP contribution in [0.3, 0.4) is 0 Å². The Morgan fingerprint density at radius 3 is 2.61 bits per heavy atom. The molecule has 1 aromatic rings. The molecule has 18 heavy (non-hydrogen) atoms. The van der Waals surface area contributed by atoms with Gasteiger partial charge < -0.3 is 5.11 Å². The Morgan fingerprint density at radius 2 is 2.17 bits per heavy atom. The van der Waals surface area contributed by atoms with E-state index in [1.165, 1.54) is 12.1 Å². The van der Waals surface area contributed by atoms with Gasteiger partial charge in [0, 0.05) is 18.3 Å². The van der Waals surface area contributed by atoms with Gasteiger partial charge in [-0.1, -0.05) is 0 Å². The zero-order chi connectivity index (χ0) is 13.8. The summed E-state index contributed by atoms with van der Waals surface area (Å²) in [5, 5.41) is 17.4. The summed E-state index contributed by atoms with van der Waals surface area (Å²) in [6, 6.07) is 4.48. The molecule has 1 aromatic heterocycles. The van der Waals surface area contributed by atoms with Crippen molar-refractivity contribution in [3.05, 3.63) is 24.0 Å². The quantitative estimate of drug-likeness (QED) is 0.805. The first-order valence-electron chi connectivity index (χ1n) is 5.32. The van der Waals surface area contributed by atoms with Gasteiger partial charge in [-0.15, -0.1) is 0 Å². The number of hydrogen-bond acceptors (Lipinski definition) is 5. The molecular weight excluding hydrogens is 254 g/mol. The van der Waals surface area contributed by atoms with Gasteiger partial charge >= 0.3 is 0 Å². The highest BCUT2D eigenvalue weighted by atomic mass is 32.2. The van der Waals surface area contributed by atoms with Crippen LogP contribution >= 0.6 is 0 Å². The summed E-state index contributed by atoms with van der Waals surface area (Å²) in [6.45, 7) is 3.25. The molecule has 0 radical (unpaired) electrons. The van der Waals surface area contributed by atoms with E-state index >= 15 is 0 Å². The molecule has 98 valence electrons. The molecule has 0 atom stereocenters. The van der Waals surface area contributed by atoms with Gasteiger partial charge in [0.15, 0.2) is 0 Å². The second-order valence-corrected chi connectivity index (χ2v) is 6.14. The number of aromatic nitrogens is 1. The molecule has 0 saturated carbocycles. The van der Waals surface area contributed by atoms with E-state index in [-0.39, 0.29) is 17.2 Å². The van der Waals surface area contributed by atoms with E-state index in [4.69, 9.17) is 10.4 Å². The SMILES string of the molecule is CC(C)(CCO)NS(=O)(=O)c1ccc(C#N)nc1. The van der Waals surface area contributed by atoms with Gasteiger partial charge in [-0.3, -0.25) is 0 Å². The Balaban J connectivity index is 2.96. The number of aliphatic hydroxyl groups excluding tert-OH is 1. The molecule has 2 N–H and O–H groups in total. The summed E-state index contributed by atoms with van der Waals surface area (Å²) in [5.74, 6) is 0. The third kappa shape index (κ3) is 3.77. The van der Waals surface area contributed by atoms with E-state index < -0.39 is 15.6 Å². The van der Waals surface area contributed by atoms with Crippen LogP contribution in [0.4, 0.5) is 0 Å². The average molecular weight is 269 g/mol. The van der Waals surface area contributed by atoms with Crippen molar-refractivity contribution in [2.75, 3.05) is 6.61 Å². The van der Waals surface area contributed by atoms with Gasteiger partial charge in [0.1, 0.15) is 16.7 Å². The summed E-state index contributed by atoms with van der Waals surface area (Å²) < 4.78 is 26.5. The second-order valence-electron chi connectivity index (χ2n) is 4.45. The smallest absolute Gasteiger partial charge is 0.242 e. The number of aliphatic hydroxyl groups is 1. The molecular formula is C11H15N3O3S. The molecule has 0 amide bonds. The fourth-order valence-electron chi connectivity index (χ4n) is 1.36. The summed E-state index contributed by atoms with van der Waals surface area (Å²) in [7, 11) is -3.70. The molecule has 6 nitrogen and oxygen atoms in total. The zero-order valence-corrected chi connectivity index (χ0v) is 11.0. The van der Waals surface area contributed by atoms with Crippen molar-refractivity contribution in [1.82, 2.24) is 9.71 Å². The maximum atomic E-state index is 12.0. The lowest BCUT2D eigenvalue weighted by Crippen LogP contribution is -2.43. The Kier molecular flexibility index (Phi) is 4.40. The topological polar surface area (TPSA) is 103 Å². The summed E-state index contributed by atoms with van der Waals surface area (Å²) in [5.41, 5.74) is -0.592. The first-order valence-corrected chi connectivity index (χ1v) is 6.80. The highest BCUT2D eigenvalue weighted by Crippen LogP contribution is 2.14. The number of rotatable bonds is 5. The van der Waals surface area contributed by atoms with Crippen LogP contribution in [0.1, 0.15) is 26.0 Å². The van der Waals surface area contributed by atoms with Crippen molar-refractivity contribution < 1.29 is 13.5 Å². The minimum absolute atomic E-state index is 0.00693. The molecule has 0 aliphatic heterocycles. The lowest BCUT2D eigenvalue weighted by atomic mass is 10.0. The fraction of sp³-hybridized carbons (Fsp3) is 0.455. The summed E-state index contributed by atoms with van der Waals surface area (Å²) >= 11 is 0. The van der Waals surface area contributed by atoms with Crippen LogP contribution < -0.4 is 4.72 Å². The highest BCUT2D eigenvalue weighted by Gasteiger charge is 2.25. The number of nitrogens with one attached hydrogen (secondary N) is 1. The van der Waals surface area contributed by atoms with E-state index in [9.17, 15) is 8.42 Å². The number of nitrogens with zero attached hydrogens (tertiary/aromatic N) is 2. The second kappa shape index (κ2) is 5.44. The molecule has 0 aliphatic rings. The van der Waals surface area contributed by atoms with E-state index in [1.807, 2.05) is 6.07 Å². The minimum Gasteiger partial charge on any atom is -0.396 e. The molecule has 0 bridgehead atoms. The Bertz CT molecular complexity index is 544. The number of hydrogen-bond donors (Lipinski definition) is 2. The Labute approximate surface area is 106 Å². The summed E-state index contributed by atoms with van der Waals surface area (Å²) in [6.07, 6.45) is 1.44. The number of pyridine rings is 1. The fourth-order valence-corrected chi connectivity index (χ4v) is 2.74. The van der Waals surface area contributed by atoms with Crippen molar-refractivity contribution in [3.63, 3.8) is 0 Å². The molecule has 0 spiro atoms. The third-order valence-electron chi connectivity index (χ3n) is 2.31. The molecule has 0 unspecified atom stereocenters. The van der Waals surface area contributed by atoms with Crippen LogP contribution in [0.2, 0.25) is 0 Å². The lowest BCUT2D eigenvalue weighted by Gasteiger charge is -2.24. The van der Waals surface area contributed by atoms with E-state index in [1.54, 1.807) is 13.8 Å². The molecule has 0 saturated heterocycles. The van der Waals surface area contributed by atoms with Crippen LogP contribution in [0.15, 0.2) is 23.2 Å². The van der Waals surface area contributed by atoms with Crippen LogP contribution in [-0.2, 0) is 10.0 Å². The Morgan fingerprint density at radius 1 is 1.50 bits per heavy atom. The number of nitriles is 1. The summed E-state index contributed by atoms with van der Waals surface area (Å²) in [4.78, 5) is 3.70. The van der Waals surface area contributed by atoms with E-state index in [2.05, 4.69) is 9.71 Å². The third-order valence-corrected chi connectivity index (χ3v) is 3.99. The van der Waals surface area contributed by atoms with Crippen LogP contribution in [0.25, 0.3) is 0 Å². The minimum atomic E-state index is -3.70. The van der Waals surface area contributed by atoms with Crippen LogP contribution in [-0.4, -0.2) is 30.7 Å². The van der Waals surface area contributed by atoms with Crippen molar-refractivity contribution >= 4 is 10.0 Å². The van der Waals surface area contributed by atoms with Crippen molar-refractivity contribution in [2.45, 2.75) is 30.7 Å². The average Bonchev–Trinajstić information content (AvgIpc) is 2.27. The lowest BCUT2D eigenvalue weighted by molar-refractivity contribution is 0.245. The highest BCUT2D eigenvalue weighted by molar-refractivity contribution is 7.89. The van der Waals surface area contributed by atoms with Gasteiger partial charge in [0.2, 0.25) is 10.0 Å². The first kappa shape index (κ1) is 14.6. The monoisotopic (exact) mass is 269 g/mol. The predicted octanol–water partition coefficient (Wildman–Crippen LogP) is 0.393. The van der Waals surface area contributed by atoms with Gasteiger partial charge in [-0.2, -0.15) is 5.26 Å². The first-order chi connectivity index (χ1) is 8.30. The van der Waals surface area contributed by atoms with Gasteiger partial charge in [-0.05, 0) is 32.4 Å². The van der Waals surface area contributed by atoms with Crippen LogP contribution in [0, 0.1) is 11.3 Å². The molecule has 1 rings (SSSR count). The van der Waals surface area contributed by atoms with Gasteiger partial charge in [0.05, 0.1) is 0 Å².